The standard InChI is InChI=1S/4C14H22NP.2C5H5NO2.6CH3.2Fe.2Pd/c4*1-14(2,3)16(12-8-4-5-9-12)13-10-6-7-11-15-13;2*1-6-4(7)2-3-5(6)8;;;;;;;;;;/h4*6-7,10-12H,4-5,8-9H2,1-3H3;2*2-3H,1H3;6*1H3;;;;/q;;;;;;6*-1;2*+2;;/p+4. The van der Waals surface area contributed by atoms with Gasteiger partial charge >= 0.3 is 34.1 Å². The van der Waals surface area contributed by atoms with Crippen molar-refractivity contribution >= 4 is 77.1 Å². The van der Waals surface area contributed by atoms with Gasteiger partial charge in [0.2, 0.25) is 0 Å². The number of aromatic nitrogens is 4. The van der Waals surface area contributed by atoms with E-state index < -0.39 is 31.7 Å². The number of rotatable bonds is 8. The number of imide groups is 2. The number of hydrogen-bond donors (Lipinski definition) is 0. The molecule has 4 fully saturated rings. The first kappa shape index (κ1) is 99.5. The van der Waals surface area contributed by atoms with E-state index in [1.54, 1.807) is 0 Å². The summed E-state index contributed by atoms with van der Waals surface area (Å²) in [5, 5.41) is 1.70. The molecule has 0 radical (unpaired) electrons. The van der Waals surface area contributed by atoms with E-state index in [-0.39, 0.29) is 143 Å². The number of amides is 4. The van der Waals surface area contributed by atoms with E-state index in [4.69, 9.17) is 0 Å². The predicted molar refractivity (Wildman–Crippen MR) is 389 cm³/mol. The molecule has 6 heterocycles. The third-order valence-corrected chi connectivity index (χ3v) is 31.5. The molecule has 2 aliphatic heterocycles. The van der Waals surface area contributed by atoms with E-state index in [0.29, 0.717) is 20.6 Å². The molecule has 18 heteroatoms. The Morgan fingerprint density at radius 2 is 0.478 bits per heavy atom. The summed E-state index contributed by atoms with van der Waals surface area (Å²) in [5.74, 6) is -0.963. The van der Waals surface area contributed by atoms with E-state index in [1.807, 2.05) is 49.1 Å². The molecular formula is C72H120Fe2N6O4P4Pd2+2. The van der Waals surface area contributed by atoms with Gasteiger partial charge in [-0.05, 0) is 234 Å². The average Bonchev–Trinajstić information content (AvgIpc) is 3.67. The molecule has 90 heavy (non-hydrogen) atoms. The first-order chi connectivity index (χ1) is 37.8. The SMILES string of the molecule is CC(C)(C)[PH+](c1ccccn1)C1CCCC1.CC(C)(C)[PH+](c1ccccn1)C1CCCC1.CC(C)(C)[PH+](c1ccccn1)C1CCCC1.CC(C)(C)[PH+](c1ccccn1)C1CCCC1.CN1C(=O)C=CC1=O.CN1C(=O)C=CC1=O.[CH3-].[CH3-].[CH3-].[CH3-].[CH3-].[CH3-].[Fe+2].[Fe+2].[Pd].[Pd]. The molecule has 10 nitrogen and oxygen atoms in total. The van der Waals surface area contributed by atoms with E-state index >= 15 is 0 Å². The second-order valence-electron chi connectivity index (χ2n) is 26.6. The van der Waals surface area contributed by atoms with E-state index in [0.717, 1.165) is 32.4 Å². The van der Waals surface area contributed by atoms with Crippen molar-refractivity contribution in [2.75, 3.05) is 14.1 Å². The minimum absolute atomic E-state index is 0. The molecule has 0 N–H and O–H groups in total. The molecule has 4 amide bonds. The molecule has 4 saturated carbocycles. The van der Waals surface area contributed by atoms with Crippen LogP contribution < -0.4 is 21.7 Å². The van der Waals surface area contributed by atoms with Gasteiger partial charge in [-0.25, -0.2) is 19.9 Å². The summed E-state index contributed by atoms with van der Waals surface area (Å²) >= 11 is 0. The van der Waals surface area contributed by atoms with Gasteiger partial charge < -0.3 is 44.6 Å². The zero-order valence-electron chi connectivity index (χ0n) is 58.8. The molecule has 0 saturated heterocycles. The molecule has 0 aromatic carbocycles. The largest absolute Gasteiger partial charge is 2.00 e. The second kappa shape index (κ2) is 48.2. The van der Waals surface area contributed by atoms with Crippen molar-refractivity contribution in [3.63, 3.8) is 0 Å². The van der Waals surface area contributed by atoms with E-state index in [2.05, 4.69) is 152 Å². The minimum atomic E-state index is -0.527. The fourth-order valence-electron chi connectivity index (χ4n) is 12.7. The fourth-order valence-corrected chi connectivity index (χ4v) is 28.3. The number of carbonyl (C=O) groups excluding carboxylic acids is 4. The Morgan fingerprint density at radius 1 is 0.322 bits per heavy atom. The zero-order valence-corrected chi connectivity index (χ0v) is 68.1. The second-order valence-corrected chi connectivity index (χ2v) is 41.2. The van der Waals surface area contributed by atoms with Crippen LogP contribution in [-0.4, -0.2) is 111 Å². The summed E-state index contributed by atoms with van der Waals surface area (Å²) in [4.78, 5) is 62.3. The van der Waals surface area contributed by atoms with Crippen molar-refractivity contribution in [3.05, 3.63) is 166 Å². The van der Waals surface area contributed by atoms with Crippen LogP contribution in [0.2, 0.25) is 0 Å². The molecular weight excluding hydrogens is 1460 g/mol. The van der Waals surface area contributed by atoms with Gasteiger partial charge in [0.05, 0.1) is 74.9 Å². The Bertz CT molecular complexity index is 2230. The summed E-state index contributed by atoms with van der Waals surface area (Å²) < 4.78 is 0. The number of hydrogen-bond acceptors (Lipinski definition) is 8. The first-order valence-electron chi connectivity index (χ1n) is 29.9. The van der Waals surface area contributed by atoms with Crippen molar-refractivity contribution < 1.29 is 94.2 Å². The van der Waals surface area contributed by atoms with Gasteiger partial charge in [-0.2, -0.15) is 0 Å². The van der Waals surface area contributed by atoms with Gasteiger partial charge in [-0.3, -0.25) is 29.0 Å². The van der Waals surface area contributed by atoms with Crippen LogP contribution in [0.15, 0.2) is 122 Å². The first-order valence-corrected chi connectivity index (χ1v) is 36.2. The molecule has 4 aliphatic carbocycles. The maximum Gasteiger partial charge on any atom is 2.00 e. The van der Waals surface area contributed by atoms with Crippen LogP contribution in [0.4, 0.5) is 0 Å². The monoisotopic (exact) mass is 1580 g/mol. The van der Waals surface area contributed by atoms with Gasteiger partial charge in [0.25, 0.3) is 23.6 Å². The third kappa shape index (κ3) is 32.0. The van der Waals surface area contributed by atoms with Crippen LogP contribution >= 0.6 is 31.7 Å². The summed E-state index contributed by atoms with van der Waals surface area (Å²) in [6, 6.07) is 25.7. The van der Waals surface area contributed by atoms with Crippen molar-refractivity contribution in [1.29, 1.82) is 0 Å². The molecule has 0 spiro atoms. The Hall–Kier alpha value is -1.56. The Kier molecular flexibility index (Phi) is 53.3. The number of pyridine rings is 4. The summed E-state index contributed by atoms with van der Waals surface area (Å²) in [6.07, 6.45) is 35.8. The van der Waals surface area contributed by atoms with Gasteiger partial charge in [0.15, 0.2) is 21.7 Å². The van der Waals surface area contributed by atoms with Crippen LogP contribution in [-0.2, 0) is 94.2 Å². The van der Waals surface area contributed by atoms with Crippen LogP contribution in [0.3, 0.4) is 0 Å². The normalized spacial score (nSPS) is 17.4. The predicted octanol–water partition coefficient (Wildman–Crippen LogP) is 16.4. The van der Waals surface area contributed by atoms with Crippen LogP contribution in [0.5, 0.6) is 0 Å². The molecule has 4 atom stereocenters. The summed E-state index contributed by atoms with van der Waals surface area (Å²) in [6.45, 7) is 28.8. The molecule has 4 aromatic heterocycles. The molecule has 0 bridgehead atoms. The van der Waals surface area contributed by atoms with Crippen molar-refractivity contribution in [3.8, 4) is 0 Å². The molecule has 6 aliphatic rings. The summed E-state index contributed by atoms with van der Waals surface area (Å²) in [5.41, 5.74) is 9.36. The average molecular weight is 1580 g/mol. The van der Waals surface area contributed by atoms with Crippen molar-refractivity contribution in [2.45, 2.75) is 229 Å². The number of nitrogens with zero attached hydrogens (tertiary/aromatic N) is 6. The van der Waals surface area contributed by atoms with Gasteiger partial charge in [-0.15, -0.1) is 0 Å². The molecule has 4 aromatic rings. The zero-order chi connectivity index (χ0) is 58.7. The Morgan fingerprint density at radius 3 is 0.578 bits per heavy atom. The van der Waals surface area contributed by atoms with Gasteiger partial charge in [0.1, 0.15) is 0 Å². The maximum atomic E-state index is 10.4. The Labute approximate surface area is 605 Å². The van der Waals surface area contributed by atoms with Gasteiger partial charge in [0, 0.05) is 104 Å². The third-order valence-electron chi connectivity index (χ3n) is 16.1. The van der Waals surface area contributed by atoms with Crippen LogP contribution in [0.1, 0.15) is 186 Å². The topological polar surface area (TPSA) is 126 Å². The maximum absolute atomic E-state index is 10.4. The van der Waals surface area contributed by atoms with Crippen LogP contribution in [0.25, 0.3) is 0 Å². The van der Waals surface area contributed by atoms with E-state index in [1.165, 1.54) is 163 Å². The fraction of sp³-hybridized carbons (Fsp3) is 0.528. The Balaban J connectivity index is -0.000000234. The van der Waals surface area contributed by atoms with Crippen LogP contribution in [0, 0.1) is 44.6 Å². The number of likely N-dealkylation sites (N-methyl/N-ethyl adjacent to an activating group) is 2. The number of carbonyl (C=O) groups is 4. The van der Waals surface area contributed by atoms with Gasteiger partial charge in [-0.1, -0.05) is 24.3 Å². The summed E-state index contributed by atoms with van der Waals surface area (Å²) in [7, 11) is 0.792. The van der Waals surface area contributed by atoms with Crippen molar-refractivity contribution in [1.82, 2.24) is 29.7 Å². The molecule has 4 unspecified atom stereocenters. The minimum Gasteiger partial charge on any atom is -0.358 e. The quantitative estimate of drug-likeness (QED) is 0.0739. The van der Waals surface area contributed by atoms with Crippen molar-refractivity contribution in [2.24, 2.45) is 0 Å². The smallest absolute Gasteiger partial charge is 0.358 e. The molecule has 10 rings (SSSR count). The molecule has 516 valence electrons. The van der Waals surface area contributed by atoms with E-state index in [9.17, 15) is 19.2 Å².